The van der Waals surface area contributed by atoms with Crippen LogP contribution in [0.3, 0.4) is 0 Å². The molecule has 3 aromatic carbocycles. The third-order valence-electron chi connectivity index (χ3n) is 6.01. The van der Waals surface area contributed by atoms with Crippen LogP contribution >= 0.6 is 0 Å². The molecular formula is C27H25N3O6. The zero-order chi connectivity index (χ0) is 25.4. The molecule has 0 atom stereocenters. The molecule has 9 heteroatoms. The van der Waals surface area contributed by atoms with Gasteiger partial charge in [0.15, 0.2) is 17.1 Å². The van der Waals surface area contributed by atoms with Gasteiger partial charge in [-0.1, -0.05) is 30.3 Å². The first-order valence-corrected chi connectivity index (χ1v) is 11.3. The Morgan fingerprint density at radius 3 is 2.53 bits per heavy atom. The number of fused-ring (bicyclic) bond motifs is 2. The van der Waals surface area contributed by atoms with Crippen molar-refractivity contribution in [1.29, 1.82) is 0 Å². The van der Waals surface area contributed by atoms with Crippen molar-refractivity contribution in [2.75, 3.05) is 11.9 Å². The summed E-state index contributed by atoms with van der Waals surface area (Å²) in [5.74, 6) is 0.343. The second-order valence-corrected chi connectivity index (χ2v) is 8.96. The maximum absolute atomic E-state index is 13.0. The molecule has 0 spiro atoms. The van der Waals surface area contributed by atoms with E-state index in [1.807, 2.05) is 41.0 Å². The van der Waals surface area contributed by atoms with E-state index in [2.05, 4.69) is 0 Å². The smallest absolute Gasteiger partial charge is 0.294 e. The van der Waals surface area contributed by atoms with Gasteiger partial charge in [-0.2, -0.15) is 5.06 Å². The number of nitrogens with two attached hydrogens (primary N) is 1. The summed E-state index contributed by atoms with van der Waals surface area (Å²) >= 11 is 0. The monoisotopic (exact) mass is 487 g/mol. The first kappa shape index (κ1) is 23.3. The maximum atomic E-state index is 13.0. The molecule has 184 valence electrons. The van der Waals surface area contributed by atoms with Gasteiger partial charge in [-0.15, -0.1) is 0 Å². The zero-order valence-corrected chi connectivity index (χ0v) is 19.8. The van der Waals surface area contributed by atoms with Crippen molar-refractivity contribution in [2.45, 2.75) is 26.0 Å². The van der Waals surface area contributed by atoms with Crippen molar-refractivity contribution in [3.05, 3.63) is 84.1 Å². The van der Waals surface area contributed by atoms with Crippen LogP contribution in [0.1, 0.15) is 29.8 Å². The topological polar surface area (TPSA) is 116 Å². The number of carbonyl (C=O) groups excluding carboxylic acids is 2. The summed E-state index contributed by atoms with van der Waals surface area (Å²) < 4.78 is 18.5. The van der Waals surface area contributed by atoms with Crippen LogP contribution < -0.4 is 25.0 Å². The van der Waals surface area contributed by atoms with E-state index >= 15 is 0 Å². The van der Waals surface area contributed by atoms with E-state index in [-0.39, 0.29) is 12.5 Å². The lowest BCUT2D eigenvalue weighted by molar-refractivity contribution is -0.136. The van der Waals surface area contributed by atoms with Crippen molar-refractivity contribution < 1.29 is 29.0 Å². The summed E-state index contributed by atoms with van der Waals surface area (Å²) in [5.41, 5.74) is 6.77. The third-order valence-corrected chi connectivity index (χ3v) is 6.01. The number of ether oxygens (including phenoxy) is 3. The predicted molar refractivity (Wildman–Crippen MR) is 133 cm³/mol. The van der Waals surface area contributed by atoms with Crippen LogP contribution in [0, 0.1) is 0 Å². The van der Waals surface area contributed by atoms with Gasteiger partial charge in [-0.3, -0.25) is 14.8 Å². The number of benzene rings is 3. The Kier molecular flexibility index (Phi) is 5.77. The van der Waals surface area contributed by atoms with E-state index in [1.165, 1.54) is 6.07 Å². The number of hydrogen-bond acceptors (Lipinski definition) is 6. The van der Waals surface area contributed by atoms with Gasteiger partial charge in [0, 0.05) is 29.7 Å². The summed E-state index contributed by atoms with van der Waals surface area (Å²) in [6, 6.07) is 19.6. The number of aromatic nitrogens is 1. The summed E-state index contributed by atoms with van der Waals surface area (Å²) in [6.07, 6.45) is 1.76. The number of hydroxylamine groups is 1. The fourth-order valence-corrected chi connectivity index (χ4v) is 4.16. The minimum Gasteiger partial charge on any atom is -0.478 e. The summed E-state index contributed by atoms with van der Waals surface area (Å²) in [7, 11) is 0. The average molecular weight is 488 g/mol. The highest BCUT2D eigenvalue weighted by atomic mass is 16.7. The Bertz CT molecular complexity index is 1460. The molecule has 5 rings (SSSR count). The normalized spacial score (nSPS) is 12.5. The molecule has 0 aliphatic carbocycles. The zero-order valence-electron chi connectivity index (χ0n) is 19.8. The first-order valence-electron chi connectivity index (χ1n) is 11.3. The van der Waals surface area contributed by atoms with E-state index in [9.17, 15) is 14.8 Å². The molecule has 0 unspecified atom stereocenters. The number of hydrogen-bond donors (Lipinski definition) is 2. The lowest BCUT2D eigenvalue weighted by Crippen LogP contribution is -2.47. The molecule has 2 heterocycles. The summed E-state index contributed by atoms with van der Waals surface area (Å²) in [6.45, 7) is 3.77. The predicted octanol–water partition coefficient (Wildman–Crippen LogP) is 4.10. The summed E-state index contributed by atoms with van der Waals surface area (Å²) in [5, 5.41) is 11.9. The molecule has 0 bridgehead atoms. The van der Waals surface area contributed by atoms with Gasteiger partial charge >= 0.3 is 0 Å². The highest BCUT2D eigenvalue weighted by Gasteiger charge is 2.35. The lowest BCUT2D eigenvalue weighted by atomic mass is 10.1. The van der Waals surface area contributed by atoms with E-state index in [0.717, 1.165) is 16.5 Å². The quantitative estimate of drug-likeness (QED) is 0.300. The number of primary amides is 1. The number of amides is 2. The van der Waals surface area contributed by atoms with E-state index < -0.39 is 17.4 Å². The van der Waals surface area contributed by atoms with Gasteiger partial charge in [0.1, 0.15) is 5.75 Å². The second kappa shape index (κ2) is 8.94. The van der Waals surface area contributed by atoms with Crippen LogP contribution in [0.25, 0.3) is 10.9 Å². The Hall–Kier alpha value is -4.50. The van der Waals surface area contributed by atoms with Crippen molar-refractivity contribution in [1.82, 2.24) is 4.57 Å². The molecule has 0 saturated carbocycles. The molecule has 1 aliphatic heterocycles. The van der Waals surface area contributed by atoms with Crippen LogP contribution in [0.2, 0.25) is 0 Å². The number of rotatable bonds is 7. The van der Waals surface area contributed by atoms with Gasteiger partial charge in [-0.25, -0.2) is 0 Å². The molecule has 9 nitrogen and oxygen atoms in total. The molecule has 0 fully saturated rings. The Morgan fingerprint density at radius 2 is 1.78 bits per heavy atom. The van der Waals surface area contributed by atoms with Gasteiger partial charge in [-0.05, 0) is 49.7 Å². The molecule has 0 radical (unpaired) electrons. The van der Waals surface area contributed by atoms with Gasteiger partial charge in [0.25, 0.3) is 11.8 Å². The Balaban J connectivity index is 1.29. The second-order valence-electron chi connectivity index (χ2n) is 8.96. The summed E-state index contributed by atoms with van der Waals surface area (Å²) in [4.78, 5) is 24.8. The number of anilines is 1. The maximum Gasteiger partial charge on any atom is 0.294 e. The molecule has 1 aliphatic rings. The number of nitrogens with zero attached hydrogens (tertiary/aromatic N) is 2. The number of para-hydroxylation sites is 1. The Morgan fingerprint density at radius 1 is 1.06 bits per heavy atom. The van der Waals surface area contributed by atoms with Crippen LogP contribution in [-0.2, 0) is 11.3 Å². The minimum atomic E-state index is -1.36. The van der Waals surface area contributed by atoms with Crippen LogP contribution in [0.15, 0.2) is 72.9 Å². The molecular weight excluding hydrogens is 462 g/mol. The van der Waals surface area contributed by atoms with E-state index in [0.29, 0.717) is 34.4 Å². The van der Waals surface area contributed by atoms with Crippen molar-refractivity contribution in [3.63, 3.8) is 0 Å². The molecule has 0 saturated heterocycles. The highest BCUT2D eigenvalue weighted by Crippen LogP contribution is 2.36. The molecule has 2 amide bonds. The fourth-order valence-electron chi connectivity index (χ4n) is 4.16. The highest BCUT2D eigenvalue weighted by molar-refractivity contribution is 6.06. The van der Waals surface area contributed by atoms with Crippen molar-refractivity contribution >= 4 is 28.4 Å². The van der Waals surface area contributed by atoms with Crippen LogP contribution in [-0.4, -0.2) is 34.0 Å². The molecule has 3 N–H and O–H groups in total. The van der Waals surface area contributed by atoms with Crippen molar-refractivity contribution in [3.8, 4) is 17.2 Å². The van der Waals surface area contributed by atoms with E-state index in [1.54, 1.807) is 44.3 Å². The van der Waals surface area contributed by atoms with Gasteiger partial charge in [0.2, 0.25) is 6.79 Å². The van der Waals surface area contributed by atoms with Gasteiger partial charge < -0.3 is 24.5 Å². The molecule has 4 aromatic rings. The Labute approximate surface area is 207 Å². The largest absolute Gasteiger partial charge is 0.478 e. The SMILES string of the molecule is CC(C)(Oc1ccc(Cn2cc(C(N)=O)c3ccccc32)cc1)C(=O)N(O)c1ccc2c(c1)OCO2. The number of carbonyl (C=O) groups is 2. The first-order chi connectivity index (χ1) is 17.2. The molecule has 36 heavy (non-hydrogen) atoms. The van der Waals surface area contributed by atoms with Crippen molar-refractivity contribution in [2.24, 2.45) is 5.73 Å². The van der Waals surface area contributed by atoms with Crippen LogP contribution in [0.5, 0.6) is 17.2 Å². The third kappa shape index (κ3) is 4.32. The molecule has 1 aromatic heterocycles. The standard InChI is InChI=1S/C27H25N3O6/c1-27(2,26(32)30(33)18-9-12-23-24(13-18)35-16-34-23)36-19-10-7-17(8-11-19)14-29-15-21(25(28)31)20-5-3-4-6-22(20)29/h3-13,15,33H,14,16H2,1-2H3,(H2,28,31). The van der Waals surface area contributed by atoms with Crippen LogP contribution in [0.4, 0.5) is 5.69 Å². The fraction of sp³-hybridized carbons (Fsp3) is 0.185. The van der Waals surface area contributed by atoms with E-state index in [4.69, 9.17) is 19.9 Å². The lowest BCUT2D eigenvalue weighted by Gasteiger charge is -2.29. The average Bonchev–Trinajstić information content (AvgIpc) is 3.48. The minimum absolute atomic E-state index is 0.0929. The van der Waals surface area contributed by atoms with Gasteiger partial charge in [0.05, 0.1) is 11.3 Å².